The molecule has 1 rings (SSSR count). The van der Waals surface area contributed by atoms with Crippen molar-refractivity contribution in [1.82, 2.24) is 21.3 Å². The molecule has 1 fully saturated rings. The molecule has 0 aliphatic carbocycles. The largest absolute Gasteiger partial charge is 0.346 e. The van der Waals surface area contributed by atoms with Crippen molar-refractivity contribution in [2.45, 2.75) is 0 Å². The molecule has 4 amide bonds. The second-order valence-electron chi connectivity index (χ2n) is 3.02. The van der Waals surface area contributed by atoms with Crippen molar-refractivity contribution >= 4 is 23.6 Å². The summed E-state index contributed by atoms with van der Waals surface area (Å²) >= 11 is 0. The third kappa shape index (κ3) is 3.56. The van der Waals surface area contributed by atoms with Crippen molar-refractivity contribution in [3.63, 3.8) is 0 Å². The van der Waals surface area contributed by atoms with Crippen LogP contribution in [0.4, 0.5) is 0 Å². The third-order valence-electron chi connectivity index (χ3n) is 1.80. The van der Waals surface area contributed by atoms with Gasteiger partial charge in [0.05, 0.1) is 0 Å². The maximum Gasteiger partial charge on any atom is 0.309 e. The topological polar surface area (TPSA) is 116 Å². The van der Waals surface area contributed by atoms with Crippen molar-refractivity contribution in [3.8, 4) is 0 Å². The van der Waals surface area contributed by atoms with E-state index in [-0.39, 0.29) is 26.2 Å². The minimum atomic E-state index is -0.763. The summed E-state index contributed by atoms with van der Waals surface area (Å²) in [4.78, 5) is 44.2. The Labute approximate surface area is 91.1 Å². The van der Waals surface area contributed by atoms with E-state index in [1.165, 1.54) is 0 Å². The second-order valence-corrected chi connectivity index (χ2v) is 3.02. The predicted octanol–water partition coefficient (Wildman–Crippen LogP) is -3.54. The fraction of sp³-hybridized carbons (Fsp3) is 0.500. The molecule has 1 saturated heterocycles. The highest BCUT2D eigenvalue weighted by atomic mass is 16.2. The van der Waals surface area contributed by atoms with Crippen LogP contribution in [0.3, 0.4) is 0 Å². The van der Waals surface area contributed by atoms with Gasteiger partial charge in [-0.3, -0.25) is 19.2 Å². The Kier molecular flexibility index (Phi) is 4.25. The van der Waals surface area contributed by atoms with Gasteiger partial charge in [0.1, 0.15) is 0 Å². The summed E-state index contributed by atoms with van der Waals surface area (Å²) in [6.45, 7) is 0.354. The van der Waals surface area contributed by atoms with Gasteiger partial charge in [0.15, 0.2) is 0 Å². The minimum Gasteiger partial charge on any atom is -0.346 e. The predicted molar refractivity (Wildman–Crippen MR) is 52.0 cm³/mol. The van der Waals surface area contributed by atoms with Crippen molar-refractivity contribution < 1.29 is 19.2 Å². The van der Waals surface area contributed by atoms with Crippen molar-refractivity contribution in [2.24, 2.45) is 0 Å². The summed E-state index contributed by atoms with van der Waals surface area (Å²) in [7, 11) is 0. The molecule has 1 heterocycles. The molecule has 0 radical (unpaired) electrons. The van der Waals surface area contributed by atoms with Crippen molar-refractivity contribution in [3.05, 3.63) is 0 Å². The van der Waals surface area contributed by atoms with Gasteiger partial charge < -0.3 is 21.3 Å². The minimum absolute atomic E-state index is 0.0886. The third-order valence-corrected chi connectivity index (χ3v) is 1.80. The van der Waals surface area contributed by atoms with Crippen LogP contribution in [0.15, 0.2) is 0 Å². The van der Waals surface area contributed by atoms with E-state index in [0.717, 1.165) is 0 Å². The molecule has 1 aliphatic heterocycles. The Morgan fingerprint density at radius 2 is 0.688 bits per heavy atom. The van der Waals surface area contributed by atoms with E-state index in [2.05, 4.69) is 21.3 Å². The number of amides is 4. The number of carbonyl (C=O) groups is 4. The average Bonchev–Trinajstić information content (AvgIpc) is 2.27. The van der Waals surface area contributed by atoms with Gasteiger partial charge in [-0.2, -0.15) is 0 Å². The van der Waals surface area contributed by atoms with Crippen LogP contribution >= 0.6 is 0 Å². The van der Waals surface area contributed by atoms with E-state index in [1.807, 2.05) is 0 Å². The molecule has 0 spiro atoms. The van der Waals surface area contributed by atoms with E-state index in [0.29, 0.717) is 0 Å². The summed E-state index contributed by atoms with van der Waals surface area (Å²) in [5.41, 5.74) is 0. The molecule has 4 N–H and O–H groups in total. The van der Waals surface area contributed by atoms with Gasteiger partial charge in [0.2, 0.25) is 0 Å². The smallest absolute Gasteiger partial charge is 0.309 e. The van der Waals surface area contributed by atoms with Crippen molar-refractivity contribution in [2.75, 3.05) is 26.2 Å². The van der Waals surface area contributed by atoms with E-state index < -0.39 is 23.6 Å². The SMILES string of the molecule is O=C1NCCNC(=O)C(=O)NCCNC1=O. The lowest BCUT2D eigenvalue weighted by Gasteiger charge is -2.10. The highest BCUT2D eigenvalue weighted by molar-refractivity contribution is 6.35. The second kappa shape index (κ2) is 5.69. The lowest BCUT2D eigenvalue weighted by atomic mass is 10.4. The molecule has 0 unspecified atom stereocenters. The zero-order valence-corrected chi connectivity index (χ0v) is 8.46. The lowest BCUT2D eigenvalue weighted by molar-refractivity contribution is -0.140. The summed E-state index contributed by atoms with van der Waals surface area (Å²) < 4.78 is 0. The molecule has 0 atom stereocenters. The van der Waals surface area contributed by atoms with Crippen LogP contribution < -0.4 is 21.3 Å². The van der Waals surface area contributed by atoms with E-state index in [9.17, 15) is 19.2 Å². The Balaban J connectivity index is 2.52. The molecule has 0 aromatic carbocycles. The van der Waals surface area contributed by atoms with E-state index in [4.69, 9.17) is 0 Å². The van der Waals surface area contributed by atoms with Gasteiger partial charge in [0.25, 0.3) is 0 Å². The molecule has 0 bridgehead atoms. The van der Waals surface area contributed by atoms with Crippen LogP contribution in [0.2, 0.25) is 0 Å². The highest BCUT2D eigenvalue weighted by Gasteiger charge is 2.16. The highest BCUT2D eigenvalue weighted by Crippen LogP contribution is 1.74. The van der Waals surface area contributed by atoms with Crippen LogP contribution in [0, 0.1) is 0 Å². The van der Waals surface area contributed by atoms with Crippen LogP contribution in [0.1, 0.15) is 0 Å². The van der Waals surface area contributed by atoms with Gasteiger partial charge in [-0.05, 0) is 0 Å². The van der Waals surface area contributed by atoms with Crippen molar-refractivity contribution in [1.29, 1.82) is 0 Å². The number of hydrogen-bond donors (Lipinski definition) is 4. The number of nitrogens with one attached hydrogen (secondary N) is 4. The first-order chi connectivity index (χ1) is 7.61. The Morgan fingerprint density at radius 3 is 0.875 bits per heavy atom. The first kappa shape index (κ1) is 12.0. The Hall–Kier alpha value is -2.12. The number of rotatable bonds is 0. The molecule has 88 valence electrons. The number of hydrogen-bond acceptors (Lipinski definition) is 4. The Morgan fingerprint density at radius 1 is 0.500 bits per heavy atom. The molecular formula is C8H12N4O4. The monoisotopic (exact) mass is 228 g/mol. The molecule has 0 saturated carbocycles. The van der Waals surface area contributed by atoms with Gasteiger partial charge in [-0.25, -0.2) is 0 Å². The lowest BCUT2D eigenvalue weighted by Crippen LogP contribution is -2.49. The normalized spacial score (nSPS) is 19.5. The maximum absolute atomic E-state index is 11.1. The molecule has 0 aromatic heterocycles. The summed E-state index contributed by atoms with van der Waals surface area (Å²) in [5.74, 6) is -3.05. The zero-order valence-electron chi connectivity index (χ0n) is 8.46. The standard InChI is InChI=1S/C8H12N4O4/c13-5-6(14)11-3-4-12-8(16)7(15)10-2-1-9-5/h1-4H2,(H,9,13)(H,10,15)(H,11,14)(H,12,16). The zero-order chi connectivity index (χ0) is 12.0. The molecule has 1 aliphatic rings. The van der Waals surface area contributed by atoms with Crippen LogP contribution in [-0.4, -0.2) is 49.8 Å². The fourth-order valence-corrected chi connectivity index (χ4v) is 1.03. The number of carbonyl (C=O) groups excluding carboxylic acids is 4. The average molecular weight is 228 g/mol. The van der Waals surface area contributed by atoms with Gasteiger partial charge in [0, 0.05) is 26.2 Å². The molecule has 8 heteroatoms. The van der Waals surface area contributed by atoms with Crippen LogP contribution in [-0.2, 0) is 19.2 Å². The summed E-state index contributed by atoms with van der Waals surface area (Å²) in [6.07, 6.45) is 0. The van der Waals surface area contributed by atoms with Crippen LogP contribution in [0.5, 0.6) is 0 Å². The van der Waals surface area contributed by atoms with Gasteiger partial charge >= 0.3 is 23.6 Å². The molecule has 8 nitrogen and oxygen atoms in total. The summed E-state index contributed by atoms with van der Waals surface area (Å²) in [5, 5.41) is 9.15. The van der Waals surface area contributed by atoms with Gasteiger partial charge in [-0.1, -0.05) is 0 Å². The van der Waals surface area contributed by atoms with Crippen LogP contribution in [0.25, 0.3) is 0 Å². The first-order valence-corrected chi connectivity index (χ1v) is 4.73. The summed E-state index contributed by atoms with van der Waals surface area (Å²) in [6, 6.07) is 0. The van der Waals surface area contributed by atoms with E-state index >= 15 is 0 Å². The first-order valence-electron chi connectivity index (χ1n) is 4.73. The maximum atomic E-state index is 11.1. The van der Waals surface area contributed by atoms with Gasteiger partial charge in [-0.15, -0.1) is 0 Å². The quantitative estimate of drug-likeness (QED) is 0.321. The molecule has 16 heavy (non-hydrogen) atoms. The molecule has 0 aromatic rings. The Bertz CT molecular complexity index is 264. The fourth-order valence-electron chi connectivity index (χ4n) is 1.03. The molecular weight excluding hydrogens is 216 g/mol. The van der Waals surface area contributed by atoms with E-state index in [1.54, 1.807) is 0 Å².